The molecule has 0 spiro atoms. The van der Waals surface area contributed by atoms with E-state index in [0.29, 0.717) is 6.54 Å². The average Bonchev–Trinajstić information content (AvgIpc) is 3.08. The average molecular weight is 415 g/mol. The summed E-state index contributed by atoms with van der Waals surface area (Å²) >= 11 is 0. The van der Waals surface area contributed by atoms with Crippen LogP contribution in [0.2, 0.25) is 0 Å². The first-order valence-corrected chi connectivity index (χ1v) is 11.6. The topological polar surface area (TPSA) is 53.2 Å². The highest BCUT2D eigenvalue weighted by atomic mass is 32.2. The van der Waals surface area contributed by atoms with Gasteiger partial charge in [-0.3, -0.25) is 0 Å². The van der Waals surface area contributed by atoms with E-state index in [4.69, 9.17) is 0 Å². The maximum Gasteiger partial charge on any atom is 0.219 e. The fourth-order valence-corrected chi connectivity index (χ4v) is 5.88. The van der Waals surface area contributed by atoms with Gasteiger partial charge in [0.05, 0.1) is 11.8 Å². The molecule has 4 aromatic rings. The van der Waals surface area contributed by atoms with Gasteiger partial charge in [0.2, 0.25) is 10.0 Å². The second-order valence-corrected chi connectivity index (χ2v) is 9.46. The van der Waals surface area contributed by atoms with Crippen LogP contribution >= 0.6 is 0 Å². The van der Waals surface area contributed by atoms with E-state index in [9.17, 15) is 8.42 Å². The molecule has 1 aliphatic rings. The smallest absolute Gasteiger partial charge is 0.219 e. The second kappa shape index (κ2) is 7.59. The molecule has 5 rings (SSSR count). The Bertz CT molecular complexity index is 1320. The number of H-pyrrole nitrogens is 1. The highest BCUT2D eigenvalue weighted by Crippen LogP contribution is 2.39. The Morgan fingerprint density at radius 1 is 0.867 bits per heavy atom. The quantitative estimate of drug-likeness (QED) is 0.504. The van der Waals surface area contributed by atoms with Crippen molar-refractivity contribution in [2.24, 2.45) is 0 Å². The minimum atomic E-state index is -3.58. The molecule has 0 amide bonds. The highest BCUT2D eigenvalue weighted by molar-refractivity contribution is 7.88. The Hall–Kier alpha value is -3.15. The molecule has 1 aromatic heterocycles. The van der Waals surface area contributed by atoms with E-state index in [1.165, 1.54) is 0 Å². The Morgan fingerprint density at radius 2 is 1.60 bits per heavy atom. The van der Waals surface area contributed by atoms with E-state index < -0.39 is 16.1 Å². The Kier molecular flexibility index (Phi) is 4.77. The number of hydrogen-bond acceptors (Lipinski definition) is 2. The fraction of sp³-hybridized carbons (Fsp3) is 0.120. The van der Waals surface area contributed by atoms with Crippen molar-refractivity contribution in [2.75, 3.05) is 6.54 Å². The molecule has 0 aliphatic carbocycles. The molecule has 1 aliphatic heterocycles. The van der Waals surface area contributed by atoms with Crippen molar-refractivity contribution in [3.8, 4) is 0 Å². The standard InChI is InChI=1S/C25H22N2O2S/c28-30(29,18-19-9-2-1-3-10-19)27-16-8-12-20-11-4-5-13-21(20)25(27)23-17-26-24-15-7-6-14-22(23)24/h1-15,17,25-26H,16,18H2/t25-/m1/s1. The lowest BCUT2D eigenvalue weighted by Crippen LogP contribution is -2.36. The predicted molar refractivity (Wildman–Crippen MR) is 121 cm³/mol. The first-order valence-electron chi connectivity index (χ1n) is 9.98. The van der Waals surface area contributed by atoms with E-state index >= 15 is 0 Å². The molecular formula is C25H22N2O2S. The lowest BCUT2D eigenvalue weighted by atomic mass is 9.94. The third-order valence-electron chi connectivity index (χ3n) is 5.63. The summed E-state index contributed by atoms with van der Waals surface area (Å²) in [6.45, 7) is 0.327. The highest BCUT2D eigenvalue weighted by Gasteiger charge is 2.35. The van der Waals surface area contributed by atoms with Crippen molar-refractivity contribution in [1.29, 1.82) is 0 Å². The van der Waals surface area contributed by atoms with Gasteiger partial charge in [-0.2, -0.15) is 4.31 Å². The van der Waals surface area contributed by atoms with Crippen molar-refractivity contribution in [1.82, 2.24) is 9.29 Å². The first-order chi connectivity index (χ1) is 14.6. The number of hydrogen-bond donors (Lipinski definition) is 1. The van der Waals surface area contributed by atoms with E-state index in [1.807, 2.05) is 97.2 Å². The van der Waals surface area contributed by atoms with Gasteiger partial charge in [-0.05, 0) is 22.8 Å². The number of benzene rings is 3. The first kappa shape index (κ1) is 18.9. The summed E-state index contributed by atoms with van der Waals surface area (Å²) in [6.07, 6.45) is 5.91. The summed E-state index contributed by atoms with van der Waals surface area (Å²) < 4.78 is 28.9. The van der Waals surface area contributed by atoms with E-state index in [-0.39, 0.29) is 5.75 Å². The van der Waals surface area contributed by atoms with Crippen LogP contribution in [0.1, 0.15) is 28.3 Å². The molecule has 4 nitrogen and oxygen atoms in total. The van der Waals surface area contributed by atoms with E-state index in [0.717, 1.165) is 33.2 Å². The Labute approximate surface area is 176 Å². The van der Waals surface area contributed by atoms with Gasteiger partial charge in [0.15, 0.2) is 0 Å². The minimum absolute atomic E-state index is 0.0251. The van der Waals surface area contributed by atoms with Crippen molar-refractivity contribution < 1.29 is 8.42 Å². The van der Waals surface area contributed by atoms with Crippen LogP contribution in [0.4, 0.5) is 0 Å². The molecule has 0 saturated heterocycles. The SMILES string of the molecule is O=S(=O)(Cc1ccccc1)N1CC=Cc2ccccc2[C@@H]1c1c[nH]c2ccccc12. The third kappa shape index (κ3) is 3.36. The lowest BCUT2D eigenvalue weighted by molar-refractivity contribution is 0.392. The molecule has 1 atom stereocenters. The molecule has 0 fully saturated rings. The maximum atomic E-state index is 13.6. The monoisotopic (exact) mass is 414 g/mol. The number of aromatic amines is 1. The van der Waals surface area contributed by atoms with Crippen LogP contribution in [0.25, 0.3) is 17.0 Å². The van der Waals surface area contributed by atoms with E-state index in [1.54, 1.807) is 4.31 Å². The van der Waals surface area contributed by atoms with Crippen LogP contribution in [-0.2, 0) is 15.8 Å². The number of fused-ring (bicyclic) bond motifs is 2. The molecule has 0 radical (unpaired) electrons. The van der Waals surface area contributed by atoms with Crippen LogP contribution in [0.5, 0.6) is 0 Å². The number of aromatic nitrogens is 1. The van der Waals surface area contributed by atoms with Crippen molar-refractivity contribution in [3.63, 3.8) is 0 Å². The normalized spacial score (nSPS) is 17.0. The number of nitrogens with one attached hydrogen (secondary N) is 1. The Balaban J connectivity index is 1.68. The van der Waals surface area contributed by atoms with E-state index in [2.05, 4.69) is 4.98 Å². The van der Waals surface area contributed by atoms with Gasteiger partial charge in [0.25, 0.3) is 0 Å². The van der Waals surface area contributed by atoms with Gasteiger partial charge in [0.1, 0.15) is 0 Å². The summed E-state index contributed by atoms with van der Waals surface area (Å²) in [5.41, 5.74) is 4.80. The number of para-hydroxylation sites is 1. The van der Waals surface area contributed by atoms with Gasteiger partial charge < -0.3 is 4.98 Å². The molecular weight excluding hydrogens is 392 g/mol. The fourth-order valence-electron chi connectivity index (χ4n) is 4.24. The summed E-state index contributed by atoms with van der Waals surface area (Å²) in [4.78, 5) is 3.32. The van der Waals surface area contributed by atoms with Crippen LogP contribution < -0.4 is 0 Å². The molecule has 30 heavy (non-hydrogen) atoms. The predicted octanol–water partition coefficient (Wildman–Crippen LogP) is 5.12. The van der Waals surface area contributed by atoms with Crippen molar-refractivity contribution in [3.05, 3.63) is 113 Å². The lowest BCUT2D eigenvalue weighted by Gasteiger charge is -2.30. The zero-order valence-electron chi connectivity index (χ0n) is 16.4. The van der Waals surface area contributed by atoms with Gasteiger partial charge in [-0.15, -0.1) is 0 Å². The molecule has 5 heteroatoms. The molecule has 0 unspecified atom stereocenters. The van der Waals surface area contributed by atoms with Crippen LogP contribution in [-0.4, -0.2) is 24.3 Å². The summed E-state index contributed by atoms with van der Waals surface area (Å²) in [5.74, 6) is -0.0251. The van der Waals surface area contributed by atoms with Gasteiger partial charge in [-0.25, -0.2) is 8.42 Å². The molecule has 0 bridgehead atoms. The molecule has 2 heterocycles. The minimum Gasteiger partial charge on any atom is -0.361 e. The molecule has 0 saturated carbocycles. The molecule has 1 N–H and O–H groups in total. The summed E-state index contributed by atoms with van der Waals surface area (Å²) in [6, 6.07) is 25.0. The Morgan fingerprint density at radius 3 is 2.47 bits per heavy atom. The zero-order chi connectivity index (χ0) is 20.6. The number of sulfonamides is 1. The molecule has 150 valence electrons. The van der Waals surface area contributed by atoms with Crippen LogP contribution in [0.15, 0.2) is 91.1 Å². The number of rotatable bonds is 4. The van der Waals surface area contributed by atoms with Crippen LogP contribution in [0, 0.1) is 0 Å². The van der Waals surface area contributed by atoms with Crippen molar-refractivity contribution in [2.45, 2.75) is 11.8 Å². The second-order valence-electron chi connectivity index (χ2n) is 7.53. The third-order valence-corrected chi connectivity index (χ3v) is 7.40. The van der Waals surface area contributed by atoms with Crippen molar-refractivity contribution >= 4 is 27.0 Å². The maximum absolute atomic E-state index is 13.6. The van der Waals surface area contributed by atoms with Gasteiger partial charge >= 0.3 is 0 Å². The summed E-state index contributed by atoms with van der Waals surface area (Å²) in [5, 5.41) is 1.04. The van der Waals surface area contributed by atoms with Crippen LogP contribution in [0.3, 0.4) is 0 Å². The largest absolute Gasteiger partial charge is 0.361 e. The van der Waals surface area contributed by atoms with Gasteiger partial charge in [-0.1, -0.05) is 84.9 Å². The summed E-state index contributed by atoms with van der Waals surface area (Å²) in [7, 11) is -3.58. The number of nitrogens with zero attached hydrogens (tertiary/aromatic N) is 1. The zero-order valence-corrected chi connectivity index (χ0v) is 17.2. The van der Waals surface area contributed by atoms with Gasteiger partial charge in [0, 0.05) is 29.2 Å². The molecule has 3 aromatic carbocycles.